The second-order valence-corrected chi connectivity index (χ2v) is 4.79. The fourth-order valence-electron chi connectivity index (χ4n) is 1.89. The number of carbonyl (C=O) groups is 1. The van der Waals surface area contributed by atoms with E-state index in [-0.39, 0.29) is 5.56 Å². The molecule has 1 aromatic carbocycles. The Morgan fingerprint density at radius 2 is 2.06 bits per heavy atom. The van der Waals surface area contributed by atoms with Crippen LogP contribution in [0.2, 0.25) is 0 Å². The van der Waals surface area contributed by atoms with Crippen molar-refractivity contribution in [1.29, 1.82) is 0 Å². The van der Waals surface area contributed by atoms with Gasteiger partial charge in [-0.1, -0.05) is 18.2 Å². The first-order valence-electron chi connectivity index (χ1n) is 5.41. The number of rotatable bonds is 2. The summed E-state index contributed by atoms with van der Waals surface area (Å²) in [4.78, 5) is 15.2. The van der Waals surface area contributed by atoms with E-state index in [1.165, 1.54) is 17.0 Å². The maximum absolute atomic E-state index is 11.0. The van der Waals surface area contributed by atoms with Crippen molar-refractivity contribution < 1.29 is 9.90 Å². The lowest BCUT2D eigenvalue weighted by Gasteiger charge is -2.00. The van der Waals surface area contributed by atoms with Gasteiger partial charge in [0.05, 0.1) is 11.3 Å². The number of thiophene rings is 1. The van der Waals surface area contributed by atoms with Crippen LogP contribution in [0.4, 0.5) is 0 Å². The van der Waals surface area contributed by atoms with Gasteiger partial charge in [-0.25, -0.2) is 4.79 Å². The zero-order valence-corrected chi connectivity index (χ0v) is 10.1. The number of carboxylic acids is 1. The summed E-state index contributed by atoms with van der Waals surface area (Å²) >= 11 is 1.64. The molecule has 0 aliphatic heterocycles. The van der Waals surface area contributed by atoms with Gasteiger partial charge in [0, 0.05) is 27.2 Å². The molecule has 88 valence electrons. The van der Waals surface area contributed by atoms with E-state index in [1.54, 1.807) is 17.4 Å². The summed E-state index contributed by atoms with van der Waals surface area (Å²) in [6, 6.07) is 11.1. The van der Waals surface area contributed by atoms with Crippen molar-refractivity contribution in [3.05, 3.63) is 53.5 Å². The van der Waals surface area contributed by atoms with Crippen LogP contribution >= 0.6 is 11.3 Å². The van der Waals surface area contributed by atoms with Crippen molar-refractivity contribution in [2.45, 2.75) is 0 Å². The highest BCUT2D eigenvalue weighted by Crippen LogP contribution is 2.32. The predicted octanol–water partition coefficient (Wildman–Crippen LogP) is 3.66. The summed E-state index contributed by atoms with van der Waals surface area (Å²) in [6.45, 7) is 0. The zero-order chi connectivity index (χ0) is 12.5. The van der Waals surface area contributed by atoms with Crippen LogP contribution in [-0.2, 0) is 0 Å². The minimum Gasteiger partial charge on any atom is -0.478 e. The predicted molar refractivity (Wildman–Crippen MR) is 72.0 cm³/mol. The fraction of sp³-hybridized carbons (Fsp3) is 0. The summed E-state index contributed by atoms with van der Waals surface area (Å²) in [5, 5.41) is 12.1. The van der Waals surface area contributed by atoms with E-state index >= 15 is 0 Å². The molecule has 3 aromatic rings. The van der Waals surface area contributed by atoms with Crippen molar-refractivity contribution in [3.8, 4) is 11.3 Å². The lowest BCUT2D eigenvalue weighted by molar-refractivity contribution is 0.0697. The van der Waals surface area contributed by atoms with Crippen LogP contribution in [-0.4, -0.2) is 16.1 Å². The van der Waals surface area contributed by atoms with Crippen LogP contribution in [0.25, 0.3) is 21.3 Å². The third-order valence-corrected chi connectivity index (χ3v) is 3.73. The Bertz CT molecular complexity index is 733. The lowest BCUT2D eigenvalue weighted by atomic mass is 10.1. The molecule has 0 amide bonds. The molecule has 0 aliphatic rings. The highest BCUT2D eigenvalue weighted by atomic mass is 32.1. The first-order valence-corrected chi connectivity index (χ1v) is 6.29. The molecular formula is C14H9NO2S. The van der Waals surface area contributed by atoms with E-state index in [0.717, 1.165) is 10.9 Å². The standard InChI is InChI=1S/C14H9NO2S/c16-14(17)9-5-6-15-12(7-9)11-8-18-13-4-2-1-3-10(11)13/h1-8H,(H,16,17). The summed E-state index contributed by atoms with van der Waals surface area (Å²) in [5.41, 5.74) is 1.95. The smallest absolute Gasteiger partial charge is 0.335 e. The van der Waals surface area contributed by atoms with Gasteiger partial charge in [0.25, 0.3) is 0 Å². The molecule has 0 saturated heterocycles. The Labute approximate surface area is 107 Å². The Morgan fingerprint density at radius 3 is 2.89 bits per heavy atom. The number of hydrogen-bond acceptors (Lipinski definition) is 3. The molecule has 0 saturated carbocycles. The normalized spacial score (nSPS) is 10.7. The van der Waals surface area contributed by atoms with Crippen molar-refractivity contribution in [1.82, 2.24) is 4.98 Å². The van der Waals surface area contributed by atoms with E-state index in [4.69, 9.17) is 5.11 Å². The Hall–Kier alpha value is -2.20. The average Bonchev–Trinajstić information content (AvgIpc) is 2.82. The second-order valence-electron chi connectivity index (χ2n) is 3.88. The van der Waals surface area contributed by atoms with Crippen molar-refractivity contribution in [3.63, 3.8) is 0 Å². The van der Waals surface area contributed by atoms with Crippen LogP contribution in [0.15, 0.2) is 48.0 Å². The number of fused-ring (bicyclic) bond motifs is 1. The van der Waals surface area contributed by atoms with Crippen LogP contribution in [0.5, 0.6) is 0 Å². The number of aromatic carboxylic acids is 1. The van der Waals surface area contributed by atoms with E-state index in [0.29, 0.717) is 5.69 Å². The minimum atomic E-state index is -0.932. The summed E-state index contributed by atoms with van der Waals surface area (Å²) in [5.74, 6) is -0.932. The molecule has 0 bridgehead atoms. The molecule has 2 aromatic heterocycles. The van der Waals surface area contributed by atoms with Crippen LogP contribution in [0.1, 0.15) is 10.4 Å². The highest BCUT2D eigenvalue weighted by molar-refractivity contribution is 7.17. The molecule has 18 heavy (non-hydrogen) atoms. The molecule has 3 nitrogen and oxygen atoms in total. The fourth-order valence-corrected chi connectivity index (χ4v) is 2.84. The Balaban J connectivity index is 2.20. The third kappa shape index (κ3) is 1.76. The second kappa shape index (κ2) is 4.23. The van der Waals surface area contributed by atoms with E-state index in [2.05, 4.69) is 4.98 Å². The number of benzene rings is 1. The number of hydrogen-bond donors (Lipinski definition) is 1. The number of pyridine rings is 1. The van der Waals surface area contributed by atoms with Gasteiger partial charge in [-0.3, -0.25) is 4.98 Å². The minimum absolute atomic E-state index is 0.260. The maximum atomic E-state index is 11.0. The van der Waals surface area contributed by atoms with Gasteiger partial charge >= 0.3 is 5.97 Å². The Kier molecular flexibility index (Phi) is 2.57. The van der Waals surface area contributed by atoms with Gasteiger partial charge in [-0.15, -0.1) is 11.3 Å². The number of carboxylic acid groups (broad SMARTS) is 1. The van der Waals surface area contributed by atoms with Gasteiger partial charge in [0.15, 0.2) is 0 Å². The molecule has 4 heteroatoms. The summed E-state index contributed by atoms with van der Waals surface area (Å²) in [7, 11) is 0. The quantitative estimate of drug-likeness (QED) is 0.760. The van der Waals surface area contributed by atoms with Gasteiger partial charge in [-0.05, 0) is 18.2 Å². The number of nitrogens with zero attached hydrogens (tertiary/aromatic N) is 1. The van der Waals surface area contributed by atoms with E-state index in [9.17, 15) is 4.79 Å². The monoisotopic (exact) mass is 255 g/mol. The third-order valence-electron chi connectivity index (χ3n) is 2.76. The molecule has 0 aliphatic carbocycles. The molecule has 0 radical (unpaired) electrons. The first-order chi connectivity index (χ1) is 8.75. The molecule has 0 unspecified atom stereocenters. The molecule has 1 N–H and O–H groups in total. The zero-order valence-electron chi connectivity index (χ0n) is 9.33. The van der Waals surface area contributed by atoms with Crippen LogP contribution in [0, 0.1) is 0 Å². The molecule has 2 heterocycles. The maximum Gasteiger partial charge on any atom is 0.335 e. The van der Waals surface area contributed by atoms with Gasteiger partial charge in [-0.2, -0.15) is 0 Å². The van der Waals surface area contributed by atoms with Gasteiger partial charge < -0.3 is 5.11 Å². The largest absolute Gasteiger partial charge is 0.478 e. The van der Waals surface area contributed by atoms with Crippen molar-refractivity contribution >= 4 is 27.4 Å². The SMILES string of the molecule is O=C(O)c1ccnc(-c2csc3ccccc23)c1. The molecule has 0 atom stereocenters. The van der Waals surface area contributed by atoms with Crippen molar-refractivity contribution in [2.75, 3.05) is 0 Å². The topological polar surface area (TPSA) is 50.2 Å². The van der Waals surface area contributed by atoms with Gasteiger partial charge in [0.1, 0.15) is 0 Å². The van der Waals surface area contributed by atoms with Gasteiger partial charge in [0.2, 0.25) is 0 Å². The summed E-state index contributed by atoms with van der Waals surface area (Å²) < 4.78 is 1.18. The average molecular weight is 255 g/mol. The Morgan fingerprint density at radius 1 is 1.22 bits per heavy atom. The van der Waals surface area contributed by atoms with Crippen LogP contribution < -0.4 is 0 Å². The molecule has 3 rings (SSSR count). The first kappa shape index (κ1) is 10.9. The number of aromatic nitrogens is 1. The van der Waals surface area contributed by atoms with E-state index in [1.807, 2.05) is 29.6 Å². The summed E-state index contributed by atoms with van der Waals surface area (Å²) in [6.07, 6.45) is 1.53. The van der Waals surface area contributed by atoms with Crippen molar-refractivity contribution in [2.24, 2.45) is 0 Å². The highest BCUT2D eigenvalue weighted by Gasteiger charge is 2.09. The molecular weight excluding hydrogens is 246 g/mol. The molecule has 0 spiro atoms. The molecule has 0 fully saturated rings. The lowest BCUT2D eigenvalue weighted by Crippen LogP contribution is -1.96. The van der Waals surface area contributed by atoms with E-state index < -0.39 is 5.97 Å². The van der Waals surface area contributed by atoms with Crippen LogP contribution in [0.3, 0.4) is 0 Å².